The van der Waals surface area contributed by atoms with Gasteiger partial charge in [0, 0.05) is 18.0 Å². The molecular formula is C13H11N3O3. The first-order valence-corrected chi connectivity index (χ1v) is 5.63. The zero-order chi connectivity index (χ0) is 13.6. The number of hydrogen-bond acceptors (Lipinski definition) is 3. The van der Waals surface area contributed by atoms with E-state index in [4.69, 9.17) is 5.11 Å². The molecule has 2 heterocycles. The predicted octanol–water partition coefficient (Wildman–Crippen LogP) is 1.97. The van der Waals surface area contributed by atoms with Crippen molar-refractivity contribution in [2.24, 2.45) is 7.05 Å². The number of rotatable bonds is 2. The Morgan fingerprint density at radius 1 is 1.37 bits per heavy atom. The highest BCUT2D eigenvalue weighted by Crippen LogP contribution is 2.28. The molecule has 0 saturated carbocycles. The lowest BCUT2D eigenvalue weighted by Gasteiger charge is -2.00. The van der Waals surface area contributed by atoms with Gasteiger partial charge in [0.15, 0.2) is 0 Å². The number of benzene rings is 1. The SMILES string of the molecule is Cn1ncc(C(=O)O)c1-c1cc2cc(O)ccc2[nH]1. The fourth-order valence-electron chi connectivity index (χ4n) is 2.16. The summed E-state index contributed by atoms with van der Waals surface area (Å²) in [6, 6.07) is 6.72. The number of aryl methyl sites for hydroxylation is 1. The molecule has 1 aromatic carbocycles. The van der Waals surface area contributed by atoms with Crippen LogP contribution in [0.1, 0.15) is 10.4 Å². The summed E-state index contributed by atoms with van der Waals surface area (Å²) >= 11 is 0. The molecule has 2 aromatic heterocycles. The van der Waals surface area contributed by atoms with Crippen LogP contribution in [0.15, 0.2) is 30.5 Å². The summed E-state index contributed by atoms with van der Waals surface area (Å²) in [4.78, 5) is 14.3. The molecule has 0 bridgehead atoms. The molecular weight excluding hydrogens is 246 g/mol. The van der Waals surface area contributed by atoms with Crippen LogP contribution in [0.4, 0.5) is 0 Å². The molecule has 0 fully saturated rings. The quantitative estimate of drug-likeness (QED) is 0.654. The number of nitrogens with one attached hydrogen (secondary N) is 1. The van der Waals surface area contributed by atoms with E-state index in [1.54, 1.807) is 31.3 Å². The van der Waals surface area contributed by atoms with Gasteiger partial charge in [-0.05, 0) is 24.3 Å². The third-order valence-corrected chi connectivity index (χ3v) is 3.03. The number of phenolic OH excluding ortho intramolecular Hbond substituents is 1. The normalized spacial score (nSPS) is 11.0. The predicted molar refractivity (Wildman–Crippen MR) is 69.1 cm³/mol. The molecule has 0 atom stereocenters. The monoisotopic (exact) mass is 257 g/mol. The van der Waals surface area contributed by atoms with Gasteiger partial charge in [0.05, 0.1) is 17.6 Å². The van der Waals surface area contributed by atoms with Crippen LogP contribution in [0.2, 0.25) is 0 Å². The maximum absolute atomic E-state index is 11.2. The van der Waals surface area contributed by atoms with Crippen LogP contribution in [0.5, 0.6) is 5.75 Å². The Morgan fingerprint density at radius 2 is 2.16 bits per heavy atom. The molecule has 0 aliphatic rings. The highest BCUT2D eigenvalue weighted by Gasteiger charge is 2.18. The number of nitrogens with zero attached hydrogens (tertiary/aromatic N) is 2. The summed E-state index contributed by atoms with van der Waals surface area (Å²) in [6.45, 7) is 0. The number of aromatic amines is 1. The number of phenols is 1. The number of carboxylic acids is 1. The molecule has 6 heteroatoms. The highest BCUT2D eigenvalue weighted by molar-refractivity contribution is 5.96. The Hall–Kier alpha value is -2.76. The minimum absolute atomic E-state index is 0.137. The molecule has 0 unspecified atom stereocenters. The van der Waals surface area contributed by atoms with E-state index in [1.807, 2.05) is 0 Å². The summed E-state index contributed by atoms with van der Waals surface area (Å²) < 4.78 is 1.51. The first-order valence-electron chi connectivity index (χ1n) is 5.63. The van der Waals surface area contributed by atoms with Crippen molar-refractivity contribution in [1.29, 1.82) is 0 Å². The first-order chi connectivity index (χ1) is 9.06. The number of carboxylic acid groups (broad SMARTS) is 1. The van der Waals surface area contributed by atoms with Crippen LogP contribution in [-0.4, -0.2) is 30.9 Å². The second-order valence-corrected chi connectivity index (χ2v) is 4.29. The van der Waals surface area contributed by atoms with Gasteiger partial charge in [-0.15, -0.1) is 0 Å². The van der Waals surface area contributed by atoms with Crippen molar-refractivity contribution in [3.8, 4) is 17.1 Å². The summed E-state index contributed by atoms with van der Waals surface area (Å²) in [5.74, 6) is -0.855. The van der Waals surface area contributed by atoms with E-state index in [0.717, 1.165) is 10.9 Å². The maximum atomic E-state index is 11.2. The van der Waals surface area contributed by atoms with E-state index in [-0.39, 0.29) is 11.3 Å². The van der Waals surface area contributed by atoms with Gasteiger partial charge in [0.25, 0.3) is 0 Å². The van der Waals surface area contributed by atoms with Crippen molar-refractivity contribution in [3.63, 3.8) is 0 Å². The summed E-state index contributed by atoms with van der Waals surface area (Å²) in [7, 11) is 1.69. The highest BCUT2D eigenvalue weighted by atomic mass is 16.4. The van der Waals surface area contributed by atoms with Crippen LogP contribution < -0.4 is 0 Å². The van der Waals surface area contributed by atoms with Crippen molar-refractivity contribution in [2.45, 2.75) is 0 Å². The zero-order valence-corrected chi connectivity index (χ0v) is 10.1. The molecule has 0 amide bonds. The Kier molecular flexibility index (Phi) is 2.31. The summed E-state index contributed by atoms with van der Waals surface area (Å²) in [5.41, 5.74) is 2.12. The fourth-order valence-corrected chi connectivity index (χ4v) is 2.16. The molecule has 0 spiro atoms. The van der Waals surface area contributed by atoms with E-state index in [9.17, 15) is 9.90 Å². The van der Waals surface area contributed by atoms with Crippen molar-refractivity contribution in [3.05, 3.63) is 36.0 Å². The standard InChI is InChI=1S/C13H11N3O3/c1-16-12(9(6-14-16)13(18)19)11-5-7-4-8(17)2-3-10(7)15-11/h2-6,15,17H,1H3,(H,18,19). The molecule has 0 saturated heterocycles. The number of carbonyl (C=O) groups is 1. The average Bonchev–Trinajstić information content (AvgIpc) is 2.91. The lowest BCUT2D eigenvalue weighted by Crippen LogP contribution is -2.00. The molecule has 19 heavy (non-hydrogen) atoms. The van der Waals surface area contributed by atoms with E-state index in [2.05, 4.69) is 10.1 Å². The molecule has 3 aromatic rings. The van der Waals surface area contributed by atoms with Gasteiger partial charge in [-0.2, -0.15) is 5.10 Å². The van der Waals surface area contributed by atoms with Crippen LogP contribution in [0, 0.1) is 0 Å². The minimum Gasteiger partial charge on any atom is -0.508 e. The van der Waals surface area contributed by atoms with Crippen LogP contribution >= 0.6 is 0 Å². The van der Waals surface area contributed by atoms with Gasteiger partial charge in [0.2, 0.25) is 0 Å². The molecule has 3 N–H and O–H groups in total. The van der Waals surface area contributed by atoms with Crippen molar-refractivity contribution in [1.82, 2.24) is 14.8 Å². The molecule has 0 radical (unpaired) electrons. The Bertz CT molecular complexity index is 786. The number of hydrogen-bond donors (Lipinski definition) is 3. The Labute approximate surface area is 107 Å². The number of H-pyrrole nitrogens is 1. The number of aromatic carboxylic acids is 1. The molecule has 0 aliphatic heterocycles. The van der Waals surface area contributed by atoms with Crippen molar-refractivity contribution in [2.75, 3.05) is 0 Å². The Morgan fingerprint density at radius 3 is 2.89 bits per heavy atom. The largest absolute Gasteiger partial charge is 0.508 e. The zero-order valence-electron chi connectivity index (χ0n) is 10.1. The molecule has 96 valence electrons. The van der Waals surface area contributed by atoms with E-state index in [0.29, 0.717) is 11.4 Å². The Balaban J connectivity index is 2.24. The lowest BCUT2D eigenvalue weighted by atomic mass is 10.2. The summed E-state index contributed by atoms with van der Waals surface area (Å²) in [6.07, 6.45) is 1.32. The third kappa shape index (κ3) is 1.74. The van der Waals surface area contributed by atoms with Gasteiger partial charge in [-0.25, -0.2) is 4.79 Å². The third-order valence-electron chi connectivity index (χ3n) is 3.03. The van der Waals surface area contributed by atoms with Crippen LogP contribution in [0.3, 0.4) is 0 Å². The van der Waals surface area contributed by atoms with E-state index in [1.165, 1.54) is 10.9 Å². The second-order valence-electron chi connectivity index (χ2n) is 4.29. The number of fused-ring (bicyclic) bond motifs is 1. The lowest BCUT2D eigenvalue weighted by molar-refractivity contribution is 0.0697. The average molecular weight is 257 g/mol. The van der Waals surface area contributed by atoms with Crippen LogP contribution in [0.25, 0.3) is 22.3 Å². The number of aromatic nitrogens is 3. The minimum atomic E-state index is -1.02. The van der Waals surface area contributed by atoms with Gasteiger partial charge in [-0.1, -0.05) is 0 Å². The van der Waals surface area contributed by atoms with E-state index < -0.39 is 5.97 Å². The topological polar surface area (TPSA) is 91.1 Å². The van der Waals surface area contributed by atoms with Gasteiger partial charge >= 0.3 is 5.97 Å². The van der Waals surface area contributed by atoms with E-state index >= 15 is 0 Å². The van der Waals surface area contributed by atoms with Crippen molar-refractivity contribution < 1.29 is 15.0 Å². The van der Waals surface area contributed by atoms with Gasteiger partial charge in [-0.3, -0.25) is 4.68 Å². The first kappa shape index (κ1) is 11.3. The maximum Gasteiger partial charge on any atom is 0.339 e. The van der Waals surface area contributed by atoms with Crippen molar-refractivity contribution >= 4 is 16.9 Å². The van der Waals surface area contributed by atoms with Gasteiger partial charge < -0.3 is 15.2 Å². The van der Waals surface area contributed by atoms with Crippen LogP contribution in [-0.2, 0) is 7.05 Å². The second kappa shape index (κ2) is 3.88. The summed E-state index contributed by atoms with van der Waals surface area (Å²) in [5, 5.41) is 23.4. The number of aromatic hydroxyl groups is 1. The molecule has 6 nitrogen and oxygen atoms in total. The molecule has 0 aliphatic carbocycles. The molecule has 3 rings (SSSR count). The fraction of sp³-hybridized carbons (Fsp3) is 0.0769. The smallest absolute Gasteiger partial charge is 0.339 e. The van der Waals surface area contributed by atoms with Gasteiger partial charge in [0.1, 0.15) is 11.3 Å².